The van der Waals surface area contributed by atoms with Crippen molar-refractivity contribution >= 4 is 34.1 Å². The molecular formula is C24H27ClN4O2. The van der Waals surface area contributed by atoms with Gasteiger partial charge in [-0.3, -0.25) is 9.59 Å². The maximum absolute atomic E-state index is 13.0. The van der Waals surface area contributed by atoms with Crippen molar-refractivity contribution in [2.75, 3.05) is 24.5 Å². The molecule has 0 spiro atoms. The average Bonchev–Trinajstić information content (AvgIpc) is 2.78. The first-order valence-electron chi connectivity index (χ1n) is 10.8. The molecule has 1 amide bonds. The topological polar surface area (TPSA) is 67.2 Å². The first-order chi connectivity index (χ1) is 15.0. The maximum Gasteiger partial charge on any atom is 0.275 e. The number of carbonyl (C=O) groups is 1. The zero-order valence-corrected chi connectivity index (χ0v) is 18.4. The Bertz CT molecular complexity index is 1120. The van der Waals surface area contributed by atoms with E-state index < -0.39 is 0 Å². The lowest BCUT2D eigenvalue weighted by atomic mass is 9.99. The fraction of sp³-hybridized carbons (Fsp3) is 0.375. The lowest BCUT2D eigenvalue weighted by Crippen LogP contribution is -2.38. The summed E-state index contributed by atoms with van der Waals surface area (Å²) < 4.78 is 1.30. The number of benzene rings is 2. The number of carbonyl (C=O) groups excluding carboxylic acids is 1. The predicted octanol–water partition coefficient (Wildman–Crippen LogP) is 3.65. The second-order valence-electron chi connectivity index (χ2n) is 8.23. The van der Waals surface area contributed by atoms with Gasteiger partial charge in [0.2, 0.25) is 5.91 Å². The molecule has 0 aliphatic carbocycles. The third kappa shape index (κ3) is 5.07. The molecule has 1 N–H and O–H groups in total. The number of hydrogen-bond acceptors (Lipinski definition) is 4. The molecule has 1 aromatic heterocycles. The van der Waals surface area contributed by atoms with Gasteiger partial charge in [0.25, 0.3) is 5.56 Å². The van der Waals surface area contributed by atoms with Gasteiger partial charge >= 0.3 is 0 Å². The summed E-state index contributed by atoms with van der Waals surface area (Å²) in [5.74, 6) is 1.26. The van der Waals surface area contributed by atoms with Crippen LogP contribution in [0.25, 0.3) is 10.8 Å². The van der Waals surface area contributed by atoms with Crippen LogP contribution in [0, 0.1) is 5.92 Å². The van der Waals surface area contributed by atoms with Gasteiger partial charge in [-0.05, 0) is 48.9 Å². The summed E-state index contributed by atoms with van der Waals surface area (Å²) in [5.41, 5.74) is 0.852. The third-order valence-electron chi connectivity index (χ3n) is 5.87. The summed E-state index contributed by atoms with van der Waals surface area (Å²) in [6.45, 7) is 4.46. The summed E-state index contributed by atoms with van der Waals surface area (Å²) in [5, 5.41) is 9.64. The van der Waals surface area contributed by atoms with E-state index in [1.165, 1.54) is 4.68 Å². The van der Waals surface area contributed by atoms with Gasteiger partial charge < -0.3 is 10.2 Å². The van der Waals surface area contributed by atoms with Gasteiger partial charge in [-0.2, -0.15) is 5.10 Å². The van der Waals surface area contributed by atoms with Crippen molar-refractivity contribution in [1.29, 1.82) is 0 Å². The van der Waals surface area contributed by atoms with Crippen LogP contribution in [-0.4, -0.2) is 35.3 Å². The van der Waals surface area contributed by atoms with E-state index in [0.717, 1.165) is 42.7 Å². The second kappa shape index (κ2) is 9.52. The highest BCUT2D eigenvalue weighted by atomic mass is 35.5. The van der Waals surface area contributed by atoms with Gasteiger partial charge in [-0.15, -0.1) is 0 Å². The number of piperidine rings is 1. The Morgan fingerprint density at radius 2 is 1.77 bits per heavy atom. The van der Waals surface area contributed by atoms with Crippen LogP contribution in [0.2, 0.25) is 5.02 Å². The van der Waals surface area contributed by atoms with Gasteiger partial charge in [0.1, 0.15) is 6.54 Å². The fourth-order valence-corrected chi connectivity index (χ4v) is 4.09. The Morgan fingerprint density at radius 1 is 1.10 bits per heavy atom. The molecule has 0 atom stereocenters. The molecule has 1 aliphatic heterocycles. The Balaban J connectivity index is 1.50. The molecular weight excluding hydrogens is 412 g/mol. The van der Waals surface area contributed by atoms with Gasteiger partial charge in [0.05, 0.1) is 5.39 Å². The highest BCUT2D eigenvalue weighted by molar-refractivity contribution is 6.30. The fourth-order valence-electron chi connectivity index (χ4n) is 3.97. The highest BCUT2D eigenvalue weighted by Gasteiger charge is 2.21. The molecule has 2 heterocycles. The van der Waals surface area contributed by atoms with Gasteiger partial charge in [-0.25, -0.2) is 4.68 Å². The van der Waals surface area contributed by atoms with Crippen LogP contribution >= 0.6 is 11.6 Å². The van der Waals surface area contributed by atoms with Crippen molar-refractivity contribution < 1.29 is 4.79 Å². The summed E-state index contributed by atoms with van der Waals surface area (Å²) in [6, 6.07) is 15.1. The molecule has 0 unspecified atom stereocenters. The minimum absolute atomic E-state index is 0.0957. The first-order valence-corrected chi connectivity index (χ1v) is 11.1. The molecule has 1 aliphatic rings. The molecule has 0 bridgehead atoms. The standard InChI is InChI=1S/C24H27ClN4O2/c1-17-11-14-28(15-12-17)23-20-4-2-3-5-21(20)24(31)29(27-23)16-22(30)26-13-10-18-6-8-19(25)9-7-18/h2-9,17H,10-16H2,1H3,(H,26,30). The minimum atomic E-state index is -0.238. The number of fused-ring (bicyclic) bond motifs is 1. The van der Waals surface area contributed by atoms with Crippen LogP contribution in [0.1, 0.15) is 25.3 Å². The van der Waals surface area contributed by atoms with Gasteiger partial charge in [0.15, 0.2) is 5.82 Å². The Labute approximate surface area is 186 Å². The van der Waals surface area contributed by atoms with Crippen LogP contribution in [-0.2, 0) is 17.8 Å². The number of hydrogen-bond donors (Lipinski definition) is 1. The summed E-state index contributed by atoms with van der Waals surface area (Å²) in [4.78, 5) is 27.7. The zero-order valence-electron chi connectivity index (χ0n) is 17.7. The van der Waals surface area contributed by atoms with Crippen LogP contribution < -0.4 is 15.8 Å². The number of rotatable bonds is 6. The maximum atomic E-state index is 13.0. The molecule has 162 valence electrons. The van der Waals surface area contributed by atoms with Crippen molar-refractivity contribution in [3.05, 3.63) is 69.5 Å². The van der Waals surface area contributed by atoms with E-state index in [9.17, 15) is 9.59 Å². The van der Waals surface area contributed by atoms with Crippen molar-refractivity contribution in [3.63, 3.8) is 0 Å². The number of aromatic nitrogens is 2. The molecule has 6 nitrogen and oxygen atoms in total. The van der Waals surface area contributed by atoms with E-state index in [0.29, 0.717) is 29.3 Å². The Morgan fingerprint density at radius 3 is 2.48 bits per heavy atom. The minimum Gasteiger partial charge on any atom is -0.355 e. The molecule has 1 saturated heterocycles. The van der Waals surface area contributed by atoms with E-state index in [4.69, 9.17) is 11.6 Å². The molecule has 7 heteroatoms. The zero-order chi connectivity index (χ0) is 21.8. The molecule has 0 radical (unpaired) electrons. The monoisotopic (exact) mass is 438 g/mol. The largest absolute Gasteiger partial charge is 0.355 e. The van der Waals surface area contributed by atoms with Gasteiger partial charge in [-0.1, -0.05) is 48.9 Å². The first kappa shape index (κ1) is 21.4. The highest BCUT2D eigenvalue weighted by Crippen LogP contribution is 2.26. The SMILES string of the molecule is CC1CCN(c2nn(CC(=O)NCCc3ccc(Cl)cc3)c(=O)c3ccccc23)CC1. The van der Waals surface area contributed by atoms with E-state index in [2.05, 4.69) is 22.2 Å². The molecule has 1 fully saturated rings. The second-order valence-corrected chi connectivity index (χ2v) is 8.66. The van der Waals surface area contributed by atoms with Gasteiger partial charge in [0, 0.05) is 30.0 Å². The molecule has 0 saturated carbocycles. The number of nitrogens with zero attached hydrogens (tertiary/aromatic N) is 3. The number of amides is 1. The van der Waals surface area contributed by atoms with Crippen molar-refractivity contribution in [2.45, 2.75) is 32.7 Å². The van der Waals surface area contributed by atoms with Crippen LogP contribution in [0.5, 0.6) is 0 Å². The average molecular weight is 439 g/mol. The third-order valence-corrected chi connectivity index (χ3v) is 6.13. The van der Waals surface area contributed by atoms with E-state index in [1.54, 1.807) is 0 Å². The quantitative estimate of drug-likeness (QED) is 0.638. The summed E-state index contributed by atoms with van der Waals surface area (Å²) in [6.07, 6.45) is 2.89. The number of halogens is 1. The Hall–Kier alpha value is -2.86. The van der Waals surface area contributed by atoms with Crippen LogP contribution in [0.15, 0.2) is 53.3 Å². The molecule has 3 aromatic rings. The van der Waals surface area contributed by atoms with Crippen LogP contribution in [0.3, 0.4) is 0 Å². The van der Waals surface area contributed by atoms with E-state index in [-0.39, 0.29) is 18.0 Å². The predicted molar refractivity (Wildman–Crippen MR) is 125 cm³/mol. The smallest absolute Gasteiger partial charge is 0.275 e. The lowest BCUT2D eigenvalue weighted by Gasteiger charge is -2.32. The molecule has 31 heavy (non-hydrogen) atoms. The van der Waals surface area contributed by atoms with E-state index in [1.807, 2.05) is 48.5 Å². The van der Waals surface area contributed by atoms with Crippen molar-refractivity contribution in [3.8, 4) is 0 Å². The lowest BCUT2D eigenvalue weighted by molar-refractivity contribution is -0.121. The van der Waals surface area contributed by atoms with Crippen molar-refractivity contribution in [1.82, 2.24) is 15.1 Å². The van der Waals surface area contributed by atoms with E-state index >= 15 is 0 Å². The Kier molecular flexibility index (Phi) is 6.56. The number of anilines is 1. The molecule has 4 rings (SSSR count). The normalized spacial score (nSPS) is 14.7. The van der Waals surface area contributed by atoms with Crippen molar-refractivity contribution in [2.24, 2.45) is 5.92 Å². The summed E-state index contributed by atoms with van der Waals surface area (Å²) in [7, 11) is 0. The van der Waals surface area contributed by atoms with Crippen LogP contribution in [0.4, 0.5) is 5.82 Å². The number of nitrogens with one attached hydrogen (secondary N) is 1. The summed E-state index contributed by atoms with van der Waals surface area (Å²) >= 11 is 5.91. The molecule has 2 aromatic carbocycles.